The second kappa shape index (κ2) is 21.7. The lowest BCUT2D eigenvalue weighted by Crippen LogP contribution is -2.32. The van der Waals surface area contributed by atoms with Gasteiger partial charge in [-0.05, 0) is 77.3 Å². The largest absolute Gasteiger partial charge is 0.466 e. The molecule has 226 valence electrons. The summed E-state index contributed by atoms with van der Waals surface area (Å²) in [7, 11) is 4.26. The Labute approximate surface area is 244 Å². The molecule has 0 aromatic carbocycles. The Morgan fingerprint density at radius 3 is 2.38 bits per heavy atom. The van der Waals surface area contributed by atoms with Gasteiger partial charge >= 0.3 is 5.97 Å². The molecule has 1 aliphatic rings. The van der Waals surface area contributed by atoms with Crippen molar-refractivity contribution in [2.24, 2.45) is 0 Å². The lowest BCUT2D eigenvalue weighted by Gasteiger charge is -2.27. The maximum absolute atomic E-state index is 11.9. The number of unbranched alkanes of at least 4 members (excludes halogenated alkanes) is 10. The zero-order chi connectivity index (χ0) is 28.1. The monoisotopic (exact) mass is 565 g/mol. The van der Waals surface area contributed by atoms with Gasteiger partial charge in [0.15, 0.2) is 0 Å². The molecule has 0 saturated heterocycles. The highest BCUT2D eigenvalue weighted by atomic mass is 32.1. The number of carbonyl (C=O) groups is 1. The van der Waals surface area contributed by atoms with Gasteiger partial charge in [-0.2, -0.15) is 0 Å². The second-order valence-electron chi connectivity index (χ2n) is 11.6. The minimum atomic E-state index is -0.0334. The molecular formula is C32H59N3O3S. The molecule has 2 heterocycles. The van der Waals surface area contributed by atoms with E-state index >= 15 is 0 Å². The van der Waals surface area contributed by atoms with E-state index in [1.165, 1.54) is 73.1 Å². The molecule has 1 aromatic rings. The van der Waals surface area contributed by atoms with Crippen LogP contribution in [0, 0.1) is 6.92 Å². The van der Waals surface area contributed by atoms with Crippen LogP contribution in [-0.2, 0) is 33.8 Å². The molecule has 0 fully saturated rings. The fourth-order valence-corrected chi connectivity index (χ4v) is 6.53. The van der Waals surface area contributed by atoms with E-state index in [9.17, 15) is 4.79 Å². The smallest absolute Gasteiger partial charge is 0.305 e. The standard InChI is InChI=1S/C32H59N3O3S/c1-5-6-7-8-9-10-11-12-16-24-38-32(36)18-14-13-15-23-37-27-35-22-19-29-30(28(2)39-31(29)26-35)25-33-20-17-21-34(3)4/h33H,5-27H2,1-4H3. The summed E-state index contributed by atoms with van der Waals surface area (Å²) in [6.07, 6.45) is 17.3. The maximum Gasteiger partial charge on any atom is 0.305 e. The molecule has 6 nitrogen and oxygen atoms in total. The lowest BCUT2D eigenvalue weighted by molar-refractivity contribution is -0.143. The van der Waals surface area contributed by atoms with E-state index in [0.29, 0.717) is 19.8 Å². The van der Waals surface area contributed by atoms with Gasteiger partial charge in [0.05, 0.1) is 13.3 Å². The van der Waals surface area contributed by atoms with Crippen molar-refractivity contribution < 1.29 is 14.3 Å². The Bertz CT molecular complexity index is 768. The highest BCUT2D eigenvalue weighted by Gasteiger charge is 2.22. The number of hydrogen-bond donors (Lipinski definition) is 1. The van der Waals surface area contributed by atoms with Crippen LogP contribution in [0.5, 0.6) is 0 Å². The van der Waals surface area contributed by atoms with Gasteiger partial charge in [0.25, 0.3) is 0 Å². The minimum absolute atomic E-state index is 0.0334. The Morgan fingerprint density at radius 1 is 0.949 bits per heavy atom. The lowest BCUT2D eigenvalue weighted by atomic mass is 10.0. The van der Waals surface area contributed by atoms with Crippen molar-refractivity contribution in [2.45, 2.75) is 123 Å². The van der Waals surface area contributed by atoms with Crippen LogP contribution in [0.3, 0.4) is 0 Å². The van der Waals surface area contributed by atoms with Crippen molar-refractivity contribution in [2.75, 3.05) is 53.7 Å². The van der Waals surface area contributed by atoms with Crippen LogP contribution in [0.25, 0.3) is 0 Å². The normalized spacial score (nSPS) is 13.8. The first-order valence-corrected chi connectivity index (χ1v) is 16.7. The average molecular weight is 566 g/mol. The van der Waals surface area contributed by atoms with E-state index < -0.39 is 0 Å². The van der Waals surface area contributed by atoms with Crippen LogP contribution < -0.4 is 5.32 Å². The third-order valence-electron chi connectivity index (χ3n) is 7.66. The SMILES string of the molecule is CCCCCCCCCCCOC(=O)CCCCCOCN1CCc2c(sc(C)c2CNCCCN(C)C)C1. The van der Waals surface area contributed by atoms with E-state index in [1.54, 1.807) is 5.56 Å². The molecule has 2 rings (SSSR count). The molecule has 0 unspecified atom stereocenters. The van der Waals surface area contributed by atoms with Crippen molar-refractivity contribution in [1.82, 2.24) is 15.1 Å². The van der Waals surface area contributed by atoms with Crippen LogP contribution in [0.1, 0.15) is 118 Å². The molecule has 0 atom stereocenters. The van der Waals surface area contributed by atoms with Crippen molar-refractivity contribution >= 4 is 17.3 Å². The van der Waals surface area contributed by atoms with Crippen molar-refractivity contribution in [1.29, 1.82) is 0 Å². The highest BCUT2D eigenvalue weighted by molar-refractivity contribution is 7.12. The van der Waals surface area contributed by atoms with E-state index in [4.69, 9.17) is 9.47 Å². The minimum Gasteiger partial charge on any atom is -0.466 e. The predicted molar refractivity (Wildman–Crippen MR) is 166 cm³/mol. The number of fused-ring (bicyclic) bond motifs is 1. The predicted octanol–water partition coefficient (Wildman–Crippen LogP) is 7.06. The van der Waals surface area contributed by atoms with E-state index in [1.807, 2.05) is 11.3 Å². The summed E-state index contributed by atoms with van der Waals surface area (Å²) in [5.41, 5.74) is 3.12. The molecule has 7 heteroatoms. The molecule has 0 saturated carbocycles. The number of carbonyl (C=O) groups excluding carboxylic acids is 1. The Hall–Kier alpha value is -0.990. The molecular weight excluding hydrogens is 506 g/mol. The van der Waals surface area contributed by atoms with Gasteiger partial charge in [-0.15, -0.1) is 11.3 Å². The van der Waals surface area contributed by atoms with Gasteiger partial charge in [-0.1, -0.05) is 64.7 Å². The summed E-state index contributed by atoms with van der Waals surface area (Å²) in [4.78, 5) is 19.6. The summed E-state index contributed by atoms with van der Waals surface area (Å²) in [6, 6.07) is 0. The number of aryl methyl sites for hydroxylation is 1. The third kappa shape index (κ3) is 15.6. The van der Waals surface area contributed by atoms with E-state index in [-0.39, 0.29) is 5.97 Å². The number of nitrogens with zero attached hydrogens (tertiary/aromatic N) is 2. The number of esters is 1. The maximum atomic E-state index is 11.9. The molecule has 0 amide bonds. The van der Waals surface area contributed by atoms with E-state index in [0.717, 1.165) is 71.4 Å². The zero-order valence-corrected chi connectivity index (χ0v) is 26.6. The van der Waals surface area contributed by atoms with Crippen LogP contribution in [0.15, 0.2) is 0 Å². The average Bonchev–Trinajstić information content (AvgIpc) is 3.22. The molecule has 1 aliphatic heterocycles. The molecule has 1 aromatic heterocycles. The quantitative estimate of drug-likeness (QED) is 0.107. The first kappa shape index (κ1) is 34.2. The second-order valence-corrected chi connectivity index (χ2v) is 12.9. The first-order valence-electron chi connectivity index (χ1n) is 15.9. The molecule has 0 radical (unpaired) electrons. The van der Waals surface area contributed by atoms with Gasteiger partial charge < -0.3 is 19.7 Å². The van der Waals surface area contributed by atoms with Gasteiger partial charge in [0.2, 0.25) is 0 Å². The van der Waals surface area contributed by atoms with E-state index in [2.05, 4.69) is 43.1 Å². The van der Waals surface area contributed by atoms with Gasteiger partial charge in [0, 0.05) is 42.4 Å². The van der Waals surface area contributed by atoms with Crippen LogP contribution in [0.2, 0.25) is 0 Å². The number of ether oxygens (including phenoxy) is 2. The molecule has 1 N–H and O–H groups in total. The zero-order valence-electron chi connectivity index (χ0n) is 25.8. The van der Waals surface area contributed by atoms with Crippen LogP contribution in [0.4, 0.5) is 0 Å². The molecule has 0 aliphatic carbocycles. The topological polar surface area (TPSA) is 54.0 Å². The van der Waals surface area contributed by atoms with Crippen molar-refractivity contribution in [3.05, 3.63) is 20.9 Å². The molecule has 39 heavy (non-hydrogen) atoms. The van der Waals surface area contributed by atoms with Gasteiger partial charge in [0.1, 0.15) is 0 Å². The highest BCUT2D eigenvalue weighted by Crippen LogP contribution is 2.32. The number of nitrogens with one attached hydrogen (secondary N) is 1. The summed E-state index contributed by atoms with van der Waals surface area (Å²) >= 11 is 1.97. The van der Waals surface area contributed by atoms with Crippen molar-refractivity contribution in [3.63, 3.8) is 0 Å². The summed E-state index contributed by atoms with van der Waals surface area (Å²) in [6.45, 7) is 11.9. The van der Waals surface area contributed by atoms with Crippen LogP contribution in [-0.4, -0.2) is 69.4 Å². The Balaban J connectivity index is 1.43. The summed E-state index contributed by atoms with van der Waals surface area (Å²) in [5.74, 6) is -0.0334. The number of rotatable bonds is 24. The number of thiophene rings is 1. The van der Waals surface area contributed by atoms with Gasteiger partial charge in [-0.25, -0.2) is 0 Å². The first-order chi connectivity index (χ1) is 19.0. The fourth-order valence-electron chi connectivity index (χ4n) is 5.25. The molecule has 0 bridgehead atoms. The summed E-state index contributed by atoms with van der Waals surface area (Å²) in [5, 5.41) is 3.65. The summed E-state index contributed by atoms with van der Waals surface area (Å²) < 4.78 is 11.4. The van der Waals surface area contributed by atoms with Crippen LogP contribution >= 0.6 is 11.3 Å². The van der Waals surface area contributed by atoms with Gasteiger partial charge in [-0.3, -0.25) is 9.69 Å². The Kier molecular flexibility index (Phi) is 19.1. The fraction of sp³-hybridized carbons (Fsp3) is 0.844. The molecule has 0 spiro atoms. The third-order valence-corrected chi connectivity index (χ3v) is 8.84. The van der Waals surface area contributed by atoms with Crippen molar-refractivity contribution in [3.8, 4) is 0 Å². The Morgan fingerprint density at radius 2 is 1.64 bits per heavy atom. The number of hydrogen-bond acceptors (Lipinski definition) is 7.